The lowest BCUT2D eigenvalue weighted by atomic mass is 9.86. The van der Waals surface area contributed by atoms with E-state index >= 15 is 0 Å². The first-order valence-corrected chi connectivity index (χ1v) is 5.86. The van der Waals surface area contributed by atoms with E-state index in [2.05, 4.69) is 32.2 Å². The van der Waals surface area contributed by atoms with Gasteiger partial charge < -0.3 is 10.8 Å². The molecule has 80 valence electrons. The molecule has 14 heavy (non-hydrogen) atoms. The molecule has 2 unspecified atom stereocenters. The SMILES string of the molecule is Cc1ccsc1C(C(C)C)C(N)CO. The fraction of sp³-hybridized carbons (Fsp3) is 0.636. The van der Waals surface area contributed by atoms with E-state index in [-0.39, 0.29) is 18.6 Å². The molecule has 0 saturated heterocycles. The molecule has 0 spiro atoms. The normalized spacial score (nSPS) is 15.9. The van der Waals surface area contributed by atoms with Gasteiger partial charge in [-0.05, 0) is 29.9 Å². The first-order valence-electron chi connectivity index (χ1n) is 4.98. The van der Waals surface area contributed by atoms with Gasteiger partial charge in [0.2, 0.25) is 0 Å². The quantitative estimate of drug-likeness (QED) is 0.804. The van der Waals surface area contributed by atoms with Crippen molar-refractivity contribution in [3.8, 4) is 0 Å². The molecule has 1 heterocycles. The highest BCUT2D eigenvalue weighted by molar-refractivity contribution is 7.10. The minimum atomic E-state index is -0.146. The zero-order valence-electron chi connectivity index (χ0n) is 9.03. The third kappa shape index (κ3) is 2.35. The molecule has 0 aromatic carbocycles. The van der Waals surface area contributed by atoms with Gasteiger partial charge in [-0.2, -0.15) is 0 Å². The summed E-state index contributed by atoms with van der Waals surface area (Å²) in [6, 6.07) is 1.96. The van der Waals surface area contributed by atoms with Crippen molar-refractivity contribution in [3.05, 3.63) is 21.9 Å². The van der Waals surface area contributed by atoms with E-state index in [1.807, 2.05) is 0 Å². The maximum absolute atomic E-state index is 9.12. The largest absolute Gasteiger partial charge is 0.395 e. The van der Waals surface area contributed by atoms with Gasteiger partial charge in [0.25, 0.3) is 0 Å². The number of aliphatic hydroxyl groups excluding tert-OH is 1. The van der Waals surface area contributed by atoms with Crippen molar-refractivity contribution in [2.75, 3.05) is 6.61 Å². The number of nitrogens with two attached hydrogens (primary N) is 1. The highest BCUT2D eigenvalue weighted by atomic mass is 32.1. The van der Waals surface area contributed by atoms with Crippen molar-refractivity contribution in [1.29, 1.82) is 0 Å². The Bertz CT molecular complexity index is 283. The summed E-state index contributed by atoms with van der Waals surface area (Å²) in [5.41, 5.74) is 7.22. The monoisotopic (exact) mass is 213 g/mol. The van der Waals surface area contributed by atoms with Gasteiger partial charge in [0.1, 0.15) is 0 Å². The average molecular weight is 213 g/mol. The summed E-state index contributed by atoms with van der Waals surface area (Å²) in [4.78, 5) is 1.32. The molecule has 2 nitrogen and oxygen atoms in total. The van der Waals surface area contributed by atoms with Crippen molar-refractivity contribution < 1.29 is 5.11 Å². The number of hydrogen-bond acceptors (Lipinski definition) is 3. The number of aliphatic hydroxyl groups is 1. The number of thiophene rings is 1. The van der Waals surface area contributed by atoms with Crippen molar-refractivity contribution in [2.24, 2.45) is 11.7 Å². The molecule has 2 atom stereocenters. The second-order valence-electron chi connectivity index (χ2n) is 4.08. The Labute approximate surface area is 89.8 Å². The summed E-state index contributed by atoms with van der Waals surface area (Å²) in [5, 5.41) is 11.2. The number of rotatable bonds is 4. The smallest absolute Gasteiger partial charge is 0.0588 e. The molecule has 0 saturated carbocycles. The molecule has 0 aliphatic carbocycles. The lowest BCUT2D eigenvalue weighted by molar-refractivity contribution is 0.233. The van der Waals surface area contributed by atoms with Crippen LogP contribution in [0.3, 0.4) is 0 Å². The van der Waals surface area contributed by atoms with Crippen molar-refractivity contribution >= 4 is 11.3 Å². The second-order valence-corrected chi connectivity index (χ2v) is 5.03. The first kappa shape index (κ1) is 11.7. The van der Waals surface area contributed by atoms with Crippen LogP contribution < -0.4 is 5.73 Å². The zero-order chi connectivity index (χ0) is 10.7. The number of aryl methyl sites for hydroxylation is 1. The van der Waals surface area contributed by atoms with E-state index in [0.29, 0.717) is 5.92 Å². The van der Waals surface area contributed by atoms with Crippen molar-refractivity contribution in [3.63, 3.8) is 0 Å². The lowest BCUT2D eigenvalue weighted by Gasteiger charge is -2.25. The molecule has 0 aliphatic rings. The van der Waals surface area contributed by atoms with Gasteiger partial charge >= 0.3 is 0 Å². The summed E-state index contributed by atoms with van der Waals surface area (Å²) in [6.07, 6.45) is 0. The zero-order valence-corrected chi connectivity index (χ0v) is 9.84. The average Bonchev–Trinajstić information content (AvgIpc) is 2.52. The van der Waals surface area contributed by atoms with Gasteiger partial charge in [0.15, 0.2) is 0 Å². The third-order valence-electron chi connectivity index (χ3n) is 2.59. The summed E-state index contributed by atoms with van der Waals surface area (Å²) >= 11 is 1.74. The van der Waals surface area contributed by atoms with Gasteiger partial charge in [-0.1, -0.05) is 13.8 Å². The van der Waals surface area contributed by atoms with Crippen LogP contribution in [0, 0.1) is 12.8 Å². The summed E-state index contributed by atoms with van der Waals surface area (Å²) < 4.78 is 0. The van der Waals surface area contributed by atoms with Gasteiger partial charge in [-0.15, -0.1) is 11.3 Å². The molecule has 0 radical (unpaired) electrons. The molecule has 0 amide bonds. The van der Waals surface area contributed by atoms with Crippen LogP contribution >= 0.6 is 11.3 Å². The standard InChI is InChI=1S/C11H19NOS/c1-7(2)10(9(12)6-13)11-8(3)4-5-14-11/h4-5,7,9-10,13H,6,12H2,1-3H3. The van der Waals surface area contributed by atoms with Crippen molar-refractivity contribution in [1.82, 2.24) is 0 Å². The molecule has 0 fully saturated rings. The minimum Gasteiger partial charge on any atom is -0.395 e. The fourth-order valence-electron chi connectivity index (χ4n) is 1.83. The van der Waals surface area contributed by atoms with E-state index in [1.54, 1.807) is 11.3 Å². The van der Waals surface area contributed by atoms with E-state index < -0.39 is 0 Å². The molecule has 1 aromatic rings. The molecule has 3 N–H and O–H groups in total. The Morgan fingerprint density at radius 3 is 2.50 bits per heavy atom. The predicted octanol–water partition coefficient (Wildman–Crippen LogP) is 2.12. The highest BCUT2D eigenvalue weighted by Crippen LogP contribution is 2.33. The van der Waals surface area contributed by atoms with Crippen LogP contribution in [-0.4, -0.2) is 17.8 Å². The second kappa shape index (κ2) is 4.91. The van der Waals surface area contributed by atoms with Gasteiger partial charge in [0, 0.05) is 16.8 Å². The Hall–Kier alpha value is -0.380. The molecular weight excluding hydrogens is 194 g/mol. The van der Waals surface area contributed by atoms with Crippen LogP contribution in [0.5, 0.6) is 0 Å². The van der Waals surface area contributed by atoms with Gasteiger partial charge in [-0.3, -0.25) is 0 Å². The van der Waals surface area contributed by atoms with Gasteiger partial charge in [0.05, 0.1) is 6.61 Å². The molecule has 1 aromatic heterocycles. The van der Waals surface area contributed by atoms with E-state index in [9.17, 15) is 0 Å². The van der Waals surface area contributed by atoms with Crippen molar-refractivity contribution in [2.45, 2.75) is 32.7 Å². The maximum Gasteiger partial charge on any atom is 0.0588 e. The number of hydrogen-bond donors (Lipinski definition) is 2. The molecular formula is C11H19NOS. The van der Waals surface area contributed by atoms with Gasteiger partial charge in [-0.25, -0.2) is 0 Å². The summed E-state index contributed by atoms with van der Waals surface area (Å²) in [6.45, 7) is 6.46. The van der Waals surface area contributed by atoms with E-state index in [4.69, 9.17) is 10.8 Å². The van der Waals surface area contributed by atoms with Crippen LogP contribution in [-0.2, 0) is 0 Å². The fourth-order valence-corrected chi connectivity index (χ4v) is 3.11. The Morgan fingerprint density at radius 1 is 1.50 bits per heavy atom. The summed E-state index contributed by atoms with van der Waals surface area (Å²) in [7, 11) is 0. The lowest BCUT2D eigenvalue weighted by Crippen LogP contribution is -2.34. The van der Waals surface area contributed by atoms with Crippen LogP contribution in [0.15, 0.2) is 11.4 Å². The first-order chi connectivity index (χ1) is 6.57. The summed E-state index contributed by atoms with van der Waals surface area (Å²) in [5.74, 6) is 0.745. The molecule has 3 heteroatoms. The van der Waals surface area contributed by atoms with Crippen LogP contribution in [0.1, 0.15) is 30.2 Å². The van der Waals surface area contributed by atoms with E-state index in [1.165, 1.54) is 10.4 Å². The van der Waals surface area contributed by atoms with Crippen LogP contribution in [0.25, 0.3) is 0 Å². The molecule has 1 rings (SSSR count). The molecule has 0 bridgehead atoms. The van der Waals surface area contributed by atoms with Crippen LogP contribution in [0.2, 0.25) is 0 Å². The maximum atomic E-state index is 9.12. The molecule has 0 aliphatic heterocycles. The van der Waals surface area contributed by atoms with Crippen LogP contribution in [0.4, 0.5) is 0 Å². The van der Waals surface area contributed by atoms with E-state index in [0.717, 1.165) is 0 Å². The Morgan fingerprint density at radius 2 is 2.14 bits per heavy atom. The Kier molecular flexibility index (Phi) is 4.11. The highest BCUT2D eigenvalue weighted by Gasteiger charge is 2.24. The predicted molar refractivity (Wildman–Crippen MR) is 61.7 cm³/mol. The topological polar surface area (TPSA) is 46.2 Å². The third-order valence-corrected chi connectivity index (χ3v) is 3.72. The minimum absolute atomic E-state index is 0.0557. The Balaban J connectivity index is 2.94.